The summed E-state index contributed by atoms with van der Waals surface area (Å²) in [4.78, 5) is 0. The molecule has 0 aromatic rings. The van der Waals surface area contributed by atoms with Crippen LogP contribution in [0.25, 0.3) is 21.3 Å². The van der Waals surface area contributed by atoms with E-state index in [1.165, 1.54) is 0 Å². The summed E-state index contributed by atoms with van der Waals surface area (Å²) < 4.78 is 0. The van der Waals surface area contributed by atoms with E-state index < -0.39 is 0 Å². The molecule has 0 unspecified atom stereocenters. The third-order valence-electron chi connectivity index (χ3n) is 0. The Bertz CT molecular complexity index is 51.3. The van der Waals surface area contributed by atoms with Gasteiger partial charge in [-0.2, -0.15) is 56.4 Å². The van der Waals surface area contributed by atoms with E-state index in [4.69, 9.17) is 0 Å². The largest absolute Gasteiger partial charge is 4.00 e. The molecule has 0 atom stereocenters. The summed E-state index contributed by atoms with van der Waals surface area (Å²) in [5, 5.41) is 14.0. The van der Waals surface area contributed by atoms with Crippen LogP contribution < -0.4 is 99.3 Å². The van der Waals surface area contributed by atoms with Gasteiger partial charge in [0.25, 0.3) is 0 Å². The fourth-order valence-electron chi connectivity index (χ4n) is 0. The van der Waals surface area contributed by atoms with E-state index in [2.05, 4.69) is 21.3 Å². The van der Waals surface area contributed by atoms with Crippen LogP contribution >= 0.6 is 0 Å². The molecule has 0 heterocycles. The Balaban J connectivity index is -0.00000000246. The SMILES string of the molecule is C[N-]C.C[N-]C.C[N-]C.C[N-]C.[Cl-].[Cl-].[Cl-].[Cl-].[Cl-].[Cl-].[Cl-].[Cl-].[Zr+4].[Zr+4].[Zr+4]. The van der Waals surface area contributed by atoms with Gasteiger partial charge in [0.05, 0.1) is 0 Å². The number of hydrogen-bond donors (Lipinski definition) is 0. The predicted octanol–water partition coefficient (Wildman–Crippen LogP) is -21.5. The molecule has 0 saturated carbocycles. The van der Waals surface area contributed by atoms with Gasteiger partial charge in [0.15, 0.2) is 0 Å². The number of rotatable bonds is 0. The van der Waals surface area contributed by atoms with E-state index in [0.717, 1.165) is 0 Å². The summed E-state index contributed by atoms with van der Waals surface area (Å²) in [5.74, 6) is 0. The summed E-state index contributed by atoms with van der Waals surface area (Å²) in [6.45, 7) is 0. The quantitative estimate of drug-likeness (QED) is 0.238. The molecule has 0 radical (unpaired) electrons. The molecule has 0 fully saturated rings. The Labute approximate surface area is 251 Å². The second-order valence-electron chi connectivity index (χ2n) is 1.79. The normalized spacial score (nSPS) is 3.13. The van der Waals surface area contributed by atoms with Crippen molar-refractivity contribution in [2.24, 2.45) is 0 Å². The third kappa shape index (κ3) is 713. The van der Waals surface area contributed by atoms with Crippen LogP contribution in [0.5, 0.6) is 0 Å². The average molecular weight is 734 g/mol. The third-order valence-corrected chi connectivity index (χ3v) is 0. The molecule has 144 valence electrons. The van der Waals surface area contributed by atoms with Crippen molar-refractivity contribution in [3.05, 3.63) is 21.3 Å². The van der Waals surface area contributed by atoms with E-state index in [-0.39, 0.29) is 178 Å². The zero-order chi connectivity index (χ0) is 10.8. The van der Waals surface area contributed by atoms with E-state index in [9.17, 15) is 0 Å². The van der Waals surface area contributed by atoms with Crippen molar-refractivity contribution in [1.29, 1.82) is 0 Å². The van der Waals surface area contributed by atoms with Crippen molar-refractivity contribution < 1.29 is 178 Å². The Morgan fingerprint density at radius 1 is 0.261 bits per heavy atom. The maximum Gasteiger partial charge on any atom is 4.00 e. The first-order valence-electron chi connectivity index (χ1n) is 3.58. The molecule has 0 aliphatic heterocycles. The molecule has 0 rings (SSSR count). The first-order chi connectivity index (χ1) is 5.66. The zero-order valence-corrected chi connectivity index (χ0v) is 27.7. The first kappa shape index (κ1) is 122. The molecule has 15 heteroatoms. The number of hydrogen-bond acceptors (Lipinski definition) is 0. The molecular formula is C8H24Cl8N4Zr3. The standard InChI is InChI=1S/4C2H6N.8ClH.3Zr/c4*1-3-2;;;;;;;;;;;/h4*1-2H3;8*1H;;;/q4*-1;;;;;;;;;3*+4/p-8. The molecule has 0 aromatic carbocycles. The molecule has 0 N–H and O–H groups in total. The van der Waals surface area contributed by atoms with E-state index in [0.29, 0.717) is 0 Å². The molecule has 4 nitrogen and oxygen atoms in total. The van der Waals surface area contributed by atoms with Gasteiger partial charge in [0, 0.05) is 0 Å². The summed E-state index contributed by atoms with van der Waals surface area (Å²) >= 11 is 0. The maximum atomic E-state index is 3.50. The van der Waals surface area contributed by atoms with Gasteiger partial charge in [-0.1, -0.05) is 0 Å². The molecule has 0 spiro atoms. The van der Waals surface area contributed by atoms with Crippen LogP contribution in [-0.2, 0) is 78.6 Å². The Hall–Kier alpha value is 4.81. The summed E-state index contributed by atoms with van der Waals surface area (Å²) in [6.07, 6.45) is 0. The molecule has 0 amide bonds. The summed E-state index contributed by atoms with van der Waals surface area (Å²) in [6, 6.07) is 0. The monoisotopic (exact) mass is 726 g/mol. The van der Waals surface area contributed by atoms with Gasteiger partial charge in [0.2, 0.25) is 0 Å². The molecule has 0 aromatic heterocycles. The Kier molecular flexibility index (Phi) is 1220. The van der Waals surface area contributed by atoms with Gasteiger partial charge in [0.1, 0.15) is 0 Å². The van der Waals surface area contributed by atoms with Crippen molar-refractivity contribution in [2.75, 3.05) is 56.4 Å². The minimum atomic E-state index is 0. The number of halogens is 8. The van der Waals surface area contributed by atoms with Crippen LogP contribution in [0.2, 0.25) is 0 Å². The van der Waals surface area contributed by atoms with E-state index in [1.54, 1.807) is 56.4 Å². The van der Waals surface area contributed by atoms with E-state index >= 15 is 0 Å². The van der Waals surface area contributed by atoms with Crippen molar-refractivity contribution >= 4 is 0 Å². The summed E-state index contributed by atoms with van der Waals surface area (Å²) in [5.41, 5.74) is 0. The van der Waals surface area contributed by atoms with Crippen LogP contribution in [-0.4, -0.2) is 56.4 Å². The Morgan fingerprint density at radius 2 is 0.261 bits per heavy atom. The van der Waals surface area contributed by atoms with E-state index in [1.807, 2.05) is 0 Å². The van der Waals surface area contributed by atoms with Crippen LogP contribution in [0.15, 0.2) is 0 Å². The molecular weight excluding hydrogens is 709 g/mol. The molecule has 0 aliphatic rings. The van der Waals surface area contributed by atoms with Crippen LogP contribution in [0, 0.1) is 0 Å². The smallest absolute Gasteiger partial charge is 1.00 e. The topological polar surface area (TPSA) is 56.4 Å². The fraction of sp³-hybridized carbons (Fsp3) is 1.00. The zero-order valence-electron chi connectivity index (χ0n) is 14.3. The van der Waals surface area contributed by atoms with Gasteiger partial charge in [-0.05, 0) is 0 Å². The fourth-order valence-corrected chi connectivity index (χ4v) is 0. The van der Waals surface area contributed by atoms with Crippen LogP contribution in [0.3, 0.4) is 0 Å². The minimum Gasteiger partial charge on any atom is -1.00 e. The van der Waals surface area contributed by atoms with Crippen molar-refractivity contribution in [1.82, 2.24) is 0 Å². The van der Waals surface area contributed by atoms with Gasteiger partial charge in [-0.3, -0.25) is 0 Å². The second-order valence-corrected chi connectivity index (χ2v) is 1.79. The van der Waals surface area contributed by atoms with Gasteiger partial charge >= 0.3 is 78.6 Å². The average Bonchev–Trinajstić information content (AvgIpc) is 1.92. The summed E-state index contributed by atoms with van der Waals surface area (Å²) in [7, 11) is 14.0. The van der Waals surface area contributed by atoms with Crippen molar-refractivity contribution in [2.45, 2.75) is 0 Å². The van der Waals surface area contributed by atoms with Crippen LogP contribution in [0.4, 0.5) is 0 Å². The predicted molar refractivity (Wildman–Crippen MR) is 60.8 cm³/mol. The Morgan fingerprint density at radius 3 is 0.261 bits per heavy atom. The minimum absolute atomic E-state index is 0. The van der Waals surface area contributed by atoms with Crippen LogP contribution in [0.1, 0.15) is 0 Å². The van der Waals surface area contributed by atoms with Gasteiger partial charge in [-0.25, -0.2) is 0 Å². The first-order valence-corrected chi connectivity index (χ1v) is 3.58. The molecule has 0 saturated heterocycles. The maximum absolute atomic E-state index is 3.50. The molecule has 23 heavy (non-hydrogen) atoms. The second kappa shape index (κ2) is 230. The van der Waals surface area contributed by atoms with Crippen molar-refractivity contribution in [3.8, 4) is 0 Å². The molecule has 0 aliphatic carbocycles. The van der Waals surface area contributed by atoms with Gasteiger partial charge < -0.3 is 121 Å². The van der Waals surface area contributed by atoms with Crippen molar-refractivity contribution in [3.63, 3.8) is 0 Å². The van der Waals surface area contributed by atoms with Gasteiger partial charge in [-0.15, -0.1) is 0 Å². The number of nitrogens with zero attached hydrogens (tertiary/aromatic N) is 4. The molecule has 0 bridgehead atoms.